The largest absolute Gasteiger partial charge is 0.321 e. The van der Waals surface area contributed by atoms with Crippen LogP contribution in [0.15, 0.2) is 89.7 Å². The molecule has 1 aromatic heterocycles. The number of hydrogen-bond donors (Lipinski definition) is 1. The lowest BCUT2D eigenvalue weighted by molar-refractivity contribution is 0.0988. The molecule has 0 saturated carbocycles. The van der Waals surface area contributed by atoms with Crippen LogP contribution in [-0.4, -0.2) is 28.1 Å². The number of para-hydroxylation sites is 1. The number of carbonyl (C=O) groups is 2. The van der Waals surface area contributed by atoms with Crippen molar-refractivity contribution in [3.8, 4) is 5.69 Å². The van der Waals surface area contributed by atoms with Gasteiger partial charge >= 0.3 is 0 Å². The number of fused-ring (bicyclic) bond motifs is 1. The second-order valence-corrected chi connectivity index (χ2v) is 7.81. The standard InChI is InChI=1S/C26H19FN4O3/c27-19-7-11-21(12-8-19)31-24(32)14-13-22(29-31)25(33)28-20-9-5-18(6-10-20)26(34)30-16-15-17-3-1-2-4-23(17)30/h1-14H,15-16H2,(H,28,33). The summed E-state index contributed by atoms with van der Waals surface area (Å²) in [5.74, 6) is -1.07. The predicted molar refractivity (Wildman–Crippen MR) is 126 cm³/mol. The van der Waals surface area contributed by atoms with Crippen molar-refractivity contribution in [2.75, 3.05) is 16.8 Å². The SMILES string of the molecule is O=C(Nc1ccc(C(=O)N2CCc3ccccc32)cc1)c1ccc(=O)n(-c2ccc(F)cc2)n1. The van der Waals surface area contributed by atoms with E-state index in [9.17, 15) is 18.8 Å². The van der Waals surface area contributed by atoms with E-state index in [-0.39, 0.29) is 11.6 Å². The summed E-state index contributed by atoms with van der Waals surface area (Å²) in [7, 11) is 0. The number of amides is 2. The summed E-state index contributed by atoms with van der Waals surface area (Å²) in [5, 5.41) is 6.81. The Hall–Kier alpha value is -4.59. The average molecular weight is 454 g/mol. The number of aromatic nitrogens is 2. The van der Waals surface area contributed by atoms with E-state index in [1.54, 1.807) is 29.2 Å². The van der Waals surface area contributed by atoms with Crippen LogP contribution in [0.2, 0.25) is 0 Å². The highest BCUT2D eigenvalue weighted by Crippen LogP contribution is 2.29. The number of nitrogens with one attached hydrogen (secondary N) is 1. The number of halogens is 1. The third-order valence-electron chi connectivity index (χ3n) is 5.63. The lowest BCUT2D eigenvalue weighted by Crippen LogP contribution is -2.28. The molecule has 2 heterocycles. The van der Waals surface area contributed by atoms with E-state index < -0.39 is 17.3 Å². The molecule has 0 saturated heterocycles. The van der Waals surface area contributed by atoms with Crippen LogP contribution < -0.4 is 15.8 Å². The lowest BCUT2D eigenvalue weighted by Gasteiger charge is -2.17. The summed E-state index contributed by atoms with van der Waals surface area (Å²) in [6.45, 7) is 0.631. The molecule has 0 unspecified atom stereocenters. The molecule has 7 nitrogen and oxygen atoms in total. The highest BCUT2D eigenvalue weighted by atomic mass is 19.1. The Labute approximate surface area is 194 Å². The molecule has 0 fully saturated rings. The Morgan fingerprint density at radius 1 is 0.882 bits per heavy atom. The fourth-order valence-corrected chi connectivity index (χ4v) is 3.90. The molecule has 0 aliphatic carbocycles. The first-order valence-corrected chi connectivity index (χ1v) is 10.7. The quantitative estimate of drug-likeness (QED) is 0.508. The zero-order valence-electron chi connectivity index (χ0n) is 17.9. The van der Waals surface area contributed by atoms with Gasteiger partial charge in [0, 0.05) is 29.5 Å². The van der Waals surface area contributed by atoms with Gasteiger partial charge in [-0.2, -0.15) is 9.78 Å². The van der Waals surface area contributed by atoms with Crippen molar-refractivity contribution in [3.05, 3.63) is 118 Å². The van der Waals surface area contributed by atoms with E-state index in [1.807, 2.05) is 24.3 Å². The van der Waals surface area contributed by atoms with Gasteiger partial charge < -0.3 is 10.2 Å². The minimum atomic E-state index is -0.525. The van der Waals surface area contributed by atoms with Crippen molar-refractivity contribution >= 4 is 23.2 Å². The first-order valence-electron chi connectivity index (χ1n) is 10.7. The molecule has 1 aliphatic heterocycles. The predicted octanol–water partition coefficient (Wildman–Crippen LogP) is 3.83. The Morgan fingerprint density at radius 3 is 2.38 bits per heavy atom. The van der Waals surface area contributed by atoms with Gasteiger partial charge in [0.15, 0.2) is 0 Å². The van der Waals surface area contributed by atoms with E-state index >= 15 is 0 Å². The number of carbonyl (C=O) groups excluding carboxylic acids is 2. The Bertz CT molecular complexity index is 1450. The second kappa shape index (κ2) is 8.74. The Kier molecular flexibility index (Phi) is 5.47. The lowest BCUT2D eigenvalue weighted by atomic mass is 10.1. The minimum absolute atomic E-state index is 0.0118. The van der Waals surface area contributed by atoms with Crippen LogP contribution in [0.4, 0.5) is 15.8 Å². The smallest absolute Gasteiger partial charge is 0.276 e. The maximum absolute atomic E-state index is 13.2. The summed E-state index contributed by atoms with van der Waals surface area (Å²) in [6, 6.07) is 22.2. The van der Waals surface area contributed by atoms with Crippen LogP contribution in [0.1, 0.15) is 26.4 Å². The highest BCUT2D eigenvalue weighted by molar-refractivity contribution is 6.08. The molecule has 4 aromatic rings. The average Bonchev–Trinajstić information content (AvgIpc) is 3.29. The molecule has 2 amide bonds. The summed E-state index contributed by atoms with van der Waals surface area (Å²) in [6.07, 6.45) is 0.823. The van der Waals surface area contributed by atoms with Crippen molar-refractivity contribution in [2.24, 2.45) is 0 Å². The summed E-state index contributed by atoms with van der Waals surface area (Å²) in [5.41, 5.74) is 2.96. The first-order chi connectivity index (χ1) is 16.5. The Balaban J connectivity index is 1.31. The maximum Gasteiger partial charge on any atom is 0.276 e. The molecule has 168 valence electrons. The zero-order chi connectivity index (χ0) is 23.7. The van der Waals surface area contributed by atoms with E-state index in [1.165, 1.54) is 36.4 Å². The maximum atomic E-state index is 13.2. The molecule has 1 N–H and O–H groups in total. The highest BCUT2D eigenvalue weighted by Gasteiger charge is 2.25. The van der Waals surface area contributed by atoms with Crippen molar-refractivity contribution < 1.29 is 14.0 Å². The van der Waals surface area contributed by atoms with E-state index in [0.717, 1.165) is 22.4 Å². The summed E-state index contributed by atoms with van der Waals surface area (Å²) in [4.78, 5) is 39.6. The fourth-order valence-electron chi connectivity index (χ4n) is 3.90. The molecular weight excluding hydrogens is 435 g/mol. The van der Waals surface area contributed by atoms with E-state index in [2.05, 4.69) is 10.4 Å². The van der Waals surface area contributed by atoms with Crippen molar-refractivity contribution in [3.63, 3.8) is 0 Å². The molecule has 0 bridgehead atoms. The fraction of sp³-hybridized carbons (Fsp3) is 0.0769. The van der Waals surface area contributed by atoms with Crippen molar-refractivity contribution in [1.82, 2.24) is 9.78 Å². The normalized spacial score (nSPS) is 12.3. The monoisotopic (exact) mass is 454 g/mol. The van der Waals surface area contributed by atoms with E-state index in [0.29, 0.717) is 23.5 Å². The van der Waals surface area contributed by atoms with Gasteiger partial charge in [0.25, 0.3) is 17.4 Å². The third-order valence-corrected chi connectivity index (χ3v) is 5.63. The van der Waals surface area contributed by atoms with Crippen LogP contribution in [0.3, 0.4) is 0 Å². The molecule has 8 heteroatoms. The summed E-state index contributed by atoms with van der Waals surface area (Å²) >= 11 is 0. The topological polar surface area (TPSA) is 84.3 Å². The molecule has 34 heavy (non-hydrogen) atoms. The molecule has 3 aromatic carbocycles. The number of benzene rings is 3. The number of hydrogen-bond acceptors (Lipinski definition) is 4. The minimum Gasteiger partial charge on any atom is -0.321 e. The van der Waals surface area contributed by atoms with Gasteiger partial charge in [-0.25, -0.2) is 4.39 Å². The molecule has 0 spiro atoms. The Morgan fingerprint density at radius 2 is 1.62 bits per heavy atom. The van der Waals surface area contributed by atoms with Gasteiger partial charge in [0.1, 0.15) is 11.5 Å². The van der Waals surface area contributed by atoms with Gasteiger partial charge in [-0.1, -0.05) is 18.2 Å². The number of rotatable bonds is 4. The number of anilines is 2. The van der Waals surface area contributed by atoms with Crippen LogP contribution in [0.5, 0.6) is 0 Å². The summed E-state index contributed by atoms with van der Waals surface area (Å²) < 4.78 is 14.2. The van der Waals surface area contributed by atoms with Gasteiger partial charge in [0.2, 0.25) is 0 Å². The van der Waals surface area contributed by atoms with Crippen LogP contribution in [0, 0.1) is 5.82 Å². The van der Waals surface area contributed by atoms with Crippen molar-refractivity contribution in [2.45, 2.75) is 6.42 Å². The van der Waals surface area contributed by atoms with Gasteiger partial charge in [-0.15, -0.1) is 0 Å². The van der Waals surface area contributed by atoms with Gasteiger partial charge in [0.05, 0.1) is 5.69 Å². The van der Waals surface area contributed by atoms with Crippen molar-refractivity contribution in [1.29, 1.82) is 0 Å². The van der Waals surface area contributed by atoms with Crippen LogP contribution in [-0.2, 0) is 6.42 Å². The van der Waals surface area contributed by atoms with E-state index in [4.69, 9.17) is 0 Å². The molecular formula is C26H19FN4O3. The van der Waals surface area contributed by atoms with Crippen LogP contribution in [0.25, 0.3) is 5.69 Å². The first kappa shape index (κ1) is 21.3. The molecule has 0 radical (unpaired) electrons. The van der Waals surface area contributed by atoms with Gasteiger partial charge in [-0.05, 0) is 72.6 Å². The third kappa shape index (κ3) is 4.09. The van der Waals surface area contributed by atoms with Gasteiger partial charge in [-0.3, -0.25) is 14.4 Å². The second-order valence-electron chi connectivity index (χ2n) is 7.81. The van der Waals surface area contributed by atoms with Crippen LogP contribution >= 0.6 is 0 Å². The number of nitrogens with zero attached hydrogens (tertiary/aromatic N) is 3. The zero-order valence-corrected chi connectivity index (χ0v) is 17.9. The molecule has 1 aliphatic rings. The molecule has 0 atom stereocenters. The molecule has 5 rings (SSSR count).